The molecule has 39 heavy (non-hydrogen) atoms. The van der Waals surface area contributed by atoms with Gasteiger partial charge in [-0.25, -0.2) is 9.36 Å². The summed E-state index contributed by atoms with van der Waals surface area (Å²) in [7, 11) is -4.24. The van der Waals surface area contributed by atoms with E-state index in [1.807, 2.05) is 24.3 Å². The van der Waals surface area contributed by atoms with E-state index < -0.39 is 49.8 Å². The number of aromatic nitrogens is 2. The summed E-state index contributed by atoms with van der Waals surface area (Å²) >= 11 is 0. The summed E-state index contributed by atoms with van der Waals surface area (Å²) in [6.45, 7) is 6.21. The van der Waals surface area contributed by atoms with Crippen LogP contribution in [0.15, 0.2) is 59.5 Å². The summed E-state index contributed by atoms with van der Waals surface area (Å²) in [6, 6.07) is 13.0. The quantitative estimate of drug-likeness (QED) is 0.247. The number of carbonyl (C=O) groups excluding carboxylic acids is 1. The Morgan fingerprint density at radius 3 is 2.64 bits per heavy atom. The highest BCUT2D eigenvalue weighted by molar-refractivity contribution is 7.52. The van der Waals surface area contributed by atoms with Gasteiger partial charge in [0.15, 0.2) is 0 Å². The van der Waals surface area contributed by atoms with Crippen LogP contribution in [0.1, 0.15) is 33.9 Å². The molecule has 0 aliphatic carbocycles. The molecule has 210 valence electrons. The molecule has 1 saturated heterocycles. The minimum atomic E-state index is -4.24. The molecular formula is C26H33N4O8P. The lowest BCUT2D eigenvalue weighted by molar-refractivity contribution is -0.149. The Morgan fingerprint density at radius 2 is 1.92 bits per heavy atom. The highest BCUT2D eigenvalue weighted by atomic mass is 31.2. The first kappa shape index (κ1) is 28.7. The van der Waals surface area contributed by atoms with Crippen molar-refractivity contribution in [3.8, 4) is 5.75 Å². The molecule has 6 atom stereocenters. The minimum Gasteiger partial charge on any atom is -0.462 e. The standard InChI is InChI=1S/C26H33N4O8P/c1-15(2)36-25(32)17(4)29-39(34,38-20-11-7-9-18-8-5-6-10-19(18)20)35-14-21-23(31)16(3)24(37-21)30-13-12-22(27)28-26(30)33/h5-13,15-17,21,23-24,31H,14H2,1-4H3,(H,29,34)(H2,27,28,33). The van der Waals surface area contributed by atoms with Crippen molar-refractivity contribution in [3.05, 3.63) is 65.2 Å². The molecule has 3 aromatic rings. The molecule has 2 heterocycles. The predicted octanol–water partition coefficient (Wildman–Crippen LogP) is 3.01. The lowest BCUT2D eigenvalue weighted by atomic mass is 10.0. The molecule has 6 unspecified atom stereocenters. The van der Waals surface area contributed by atoms with Crippen molar-refractivity contribution in [2.75, 3.05) is 12.3 Å². The normalized spacial score (nSPS) is 23.4. The zero-order valence-corrected chi connectivity index (χ0v) is 23.0. The largest absolute Gasteiger partial charge is 0.462 e. The number of rotatable bonds is 10. The molecule has 4 N–H and O–H groups in total. The van der Waals surface area contributed by atoms with E-state index in [9.17, 15) is 19.3 Å². The van der Waals surface area contributed by atoms with E-state index in [4.69, 9.17) is 24.3 Å². The molecule has 0 bridgehead atoms. The molecule has 13 heteroatoms. The number of aliphatic hydroxyl groups is 1. The van der Waals surface area contributed by atoms with Gasteiger partial charge in [0.1, 0.15) is 29.9 Å². The van der Waals surface area contributed by atoms with E-state index >= 15 is 0 Å². The molecule has 1 aromatic heterocycles. The number of hydrogen-bond donors (Lipinski definition) is 3. The fourth-order valence-corrected chi connectivity index (χ4v) is 5.78. The maximum absolute atomic E-state index is 14.0. The van der Waals surface area contributed by atoms with Crippen molar-refractivity contribution in [2.45, 2.75) is 58.3 Å². The molecule has 4 rings (SSSR count). The van der Waals surface area contributed by atoms with Crippen LogP contribution in [0.5, 0.6) is 5.75 Å². The fraction of sp³-hybridized carbons (Fsp3) is 0.423. The van der Waals surface area contributed by atoms with Gasteiger partial charge >= 0.3 is 19.4 Å². The third-order valence-corrected chi connectivity index (χ3v) is 7.87. The van der Waals surface area contributed by atoms with Gasteiger partial charge in [0.25, 0.3) is 0 Å². The first-order valence-electron chi connectivity index (χ1n) is 12.6. The van der Waals surface area contributed by atoms with Crippen molar-refractivity contribution < 1.29 is 33.0 Å². The molecule has 0 saturated carbocycles. The number of aliphatic hydroxyl groups excluding tert-OH is 1. The first-order valence-corrected chi connectivity index (χ1v) is 14.1. The Labute approximate surface area is 225 Å². The van der Waals surface area contributed by atoms with E-state index in [0.29, 0.717) is 5.39 Å². The van der Waals surface area contributed by atoms with Crippen LogP contribution in [0.2, 0.25) is 0 Å². The number of nitrogens with zero attached hydrogens (tertiary/aromatic N) is 2. The molecule has 1 aliphatic rings. The maximum atomic E-state index is 14.0. The van der Waals surface area contributed by atoms with Crippen molar-refractivity contribution in [1.29, 1.82) is 0 Å². The fourth-order valence-electron chi connectivity index (χ4n) is 4.26. The zero-order valence-electron chi connectivity index (χ0n) is 22.1. The number of benzene rings is 2. The Balaban J connectivity index is 1.56. The smallest absolute Gasteiger partial charge is 0.459 e. The van der Waals surface area contributed by atoms with Crippen LogP contribution < -0.4 is 21.0 Å². The number of nitrogens with two attached hydrogens (primary N) is 1. The number of carbonyl (C=O) groups is 1. The molecule has 0 spiro atoms. The molecule has 0 radical (unpaired) electrons. The first-order chi connectivity index (χ1) is 18.5. The van der Waals surface area contributed by atoms with Crippen LogP contribution in [-0.2, 0) is 23.4 Å². The van der Waals surface area contributed by atoms with Crippen LogP contribution in [-0.4, -0.2) is 51.6 Å². The molecule has 1 aliphatic heterocycles. The molecule has 12 nitrogen and oxygen atoms in total. The lowest BCUT2D eigenvalue weighted by Crippen LogP contribution is -2.37. The van der Waals surface area contributed by atoms with Gasteiger partial charge in [-0.2, -0.15) is 10.1 Å². The van der Waals surface area contributed by atoms with E-state index in [1.165, 1.54) is 23.8 Å². The highest BCUT2D eigenvalue weighted by Gasteiger charge is 2.44. The van der Waals surface area contributed by atoms with Crippen molar-refractivity contribution in [3.63, 3.8) is 0 Å². The summed E-state index contributed by atoms with van der Waals surface area (Å²) in [6.07, 6.45) is -1.86. The topological polar surface area (TPSA) is 164 Å². The van der Waals surface area contributed by atoms with Crippen molar-refractivity contribution >= 4 is 30.3 Å². The number of ether oxygens (including phenoxy) is 2. The molecule has 0 amide bonds. The third-order valence-electron chi connectivity index (χ3n) is 6.24. The number of fused-ring (bicyclic) bond motifs is 1. The second kappa shape index (κ2) is 11.8. The van der Waals surface area contributed by atoms with Crippen molar-refractivity contribution in [1.82, 2.24) is 14.6 Å². The van der Waals surface area contributed by atoms with Crippen LogP contribution in [0, 0.1) is 5.92 Å². The SMILES string of the molecule is CC(C)OC(=O)C(C)NP(=O)(OCC1OC(n2ccc(N)nc2=O)C(C)C1O)Oc1cccc2ccccc12. The van der Waals surface area contributed by atoms with Crippen molar-refractivity contribution in [2.24, 2.45) is 5.92 Å². The average molecular weight is 561 g/mol. The Kier molecular flexibility index (Phi) is 8.73. The van der Waals surface area contributed by atoms with Gasteiger partial charge in [-0.05, 0) is 38.3 Å². The average Bonchev–Trinajstić information content (AvgIpc) is 3.16. The van der Waals surface area contributed by atoms with Gasteiger partial charge < -0.3 is 24.8 Å². The summed E-state index contributed by atoms with van der Waals surface area (Å²) in [5.74, 6) is -0.846. The number of nitrogens with one attached hydrogen (secondary N) is 1. The van der Waals surface area contributed by atoms with Gasteiger partial charge in [-0.15, -0.1) is 0 Å². The second-order valence-corrected chi connectivity index (χ2v) is 11.3. The van der Waals surface area contributed by atoms with E-state index in [2.05, 4.69) is 10.1 Å². The zero-order chi connectivity index (χ0) is 28.3. The molecule has 1 fully saturated rings. The summed E-state index contributed by atoms with van der Waals surface area (Å²) in [5, 5.41) is 15.0. The van der Waals surface area contributed by atoms with E-state index in [0.717, 1.165) is 5.39 Å². The maximum Gasteiger partial charge on any atom is 0.459 e. The van der Waals surface area contributed by atoms with Gasteiger partial charge in [0.2, 0.25) is 0 Å². The van der Waals surface area contributed by atoms with E-state index in [-0.39, 0.29) is 24.3 Å². The second-order valence-electron chi connectivity index (χ2n) is 9.66. The Morgan fingerprint density at radius 1 is 1.21 bits per heavy atom. The number of nitrogen functional groups attached to an aromatic ring is 1. The van der Waals surface area contributed by atoms with Gasteiger partial charge in [0.05, 0.1) is 18.8 Å². The van der Waals surface area contributed by atoms with Crippen LogP contribution in [0.3, 0.4) is 0 Å². The van der Waals surface area contributed by atoms with Gasteiger partial charge in [-0.1, -0.05) is 43.3 Å². The Bertz CT molecular complexity index is 1430. The van der Waals surface area contributed by atoms with Crippen LogP contribution in [0.25, 0.3) is 10.8 Å². The van der Waals surface area contributed by atoms with Crippen LogP contribution in [0.4, 0.5) is 5.82 Å². The monoisotopic (exact) mass is 560 g/mol. The minimum absolute atomic E-state index is 0.0602. The third kappa shape index (κ3) is 6.66. The summed E-state index contributed by atoms with van der Waals surface area (Å²) in [4.78, 5) is 28.5. The number of esters is 1. The van der Waals surface area contributed by atoms with Gasteiger partial charge in [-0.3, -0.25) is 13.9 Å². The summed E-state index contributed by atoms with van der Waals surface area (Å²) < 4.78 is 38.1. The summed E-state index contributed by atoms with van der Waals surface area (Å²) in [5.41, 5.74) is 4.94. The molecule has 2 aromatic carbocycles. The Hall–Kier alpha value is -3.28. The predicted molar refractivity (Wildman–Crippen MR) is 144 cm³/mol. The van der Waals surface area contributed by atoms with E-state index in [1.54, 1.807) is 39.0 Å². The van der Waals surface area contributed by atoms with Gasteiger partial charge in [0, 0.05) is 17.5 Å². The number of anilines is 1. The number of hydrogen-bond acceptors (Lipinski definition) is 10. The molecular weight excluding hydrogens is 527 g/mol. The van der Waals surface area contributed by atoms with Crippen LogP contribution >= 0.6 is 7.75 Å². The highest BCUT2D eigenvalue weighted by Crippen LogP contribution is 2.48. The lowest BCUT2D eigenvalue weighted by Gasteiger charge is -2.25.